The van der Waals surface area contributed by atoms with E-state index in [1.165, 1.54) is 0 Å². The summed E-state index contributed by atoms with van der Waals surface area (Å²) in [6, 6.07) is 0. The van der Waals surface area contributed by atoms with E-state index in [-0.39, 0.29) is 105 Å². The van der Waals surface area contributed by atoms with Crippen LogP contribution in [0.15, 0.2) is 0 Å². The first-order valence-electron chi connectivity index (χ1n) is 0.447. The van der Waals surface area contributed by atoms with Crippen molar-refractivity contribution in [3.05, 3.63) is 0 Å². The fourth-order valence-electron chi connectivity index (χ4n) is 0. The van der Waals surface area contributed by atoms with E-state index in [4.69, 9.17) is 5.11 Å². The number of rotatable bonds is 0. The Morgan fingerprint density at radius 2 is 0.750 bits per heavy atom. The molecular formula is CH4Br2Cl2Mg2O. The molecular weight excluding hydrogens is 307 g/mol. The predicted molar refractivity (Wildman–Crippen MR) is 19.7 cm³/mol. The summed E-state index contributed by atoms with van der Waals surface area (Å²) >= 11 is 0. The fraction of sp³-hybridized carbons (Fsp3) is 1.00. The summed E-state index contributed by atoms with van der Waals surface area (Å²) in [4.78, 5) is 0. The van der Waals surface area contributed by atoms with Gasteiger partial charge in [0, 0.05) is 7.11 Å². The third-order valence-corrected chi connectivity index (χ3v) is 0. The molecule has 0 aromatic heterocycles. The zero-order valence-electron chi connectivity index (χ0n) is 4.37. The molecule has 0 amide bonds. The minimum Gasteiger partial charge on any atom is -1.00 e. The van der Waals surface area contributed by atoms with Crippen LogP contribution < -0.4 is 58.8 Å². The summed E-state index contributed by atoms with van der Waals surface area (Å²) in [6.07, 6.45) is 0. The topological polar surface area (TPSA) is 20.2 Å². The van der Waals surface area contributed by atoms with Crippen molar-refractivity contribution in [3.63, 3.8) is 0 Å². The van der Waals surface area contributed by atoms with Gasteiger partial charge in [0.1, 0.15) is 0 Å². The van der Waals surface area contributed by atoms with Crippen LogP contribution in [0, 0.1) is 0 Å². The van der Waals surface area contributed by atoms with E-state index in [0.29, 0.717) is 0 Å². The van der Waals surface area contributed by atoms with Crippen molar-refractivity contribution in [1.82, 2.24) is 0 Å². The maximum Gasteiger partial charge on any atom is 2.00 e. The van der Waals surface area contributed by atoms with E-state index in [0.717, 1.165) is 7.11 Å². The Morgan fingerprint density at radius 3 is 0.750 bits per heavy atom. The Kier molecular flexibility index (Phi) is 760. The standard InChI is InChI=1S/CH4O.2BrH.2ClH.2Mg/c1-2;;;;;;/h2H,1H3;4*1H;;/q;;;;;2*+2/p-4. The zero-order chi connectivity index (χ0) is 2.00. The molecule has 0 saturated heterocycles. The average molecular weight is 311 g/mol. The third kappa shape index (κ3) is 63.4. The largest absolute Gasteiger partial charge is 2.00 e. The normalized spacial score (nSPS) is 0.750. The van der Waals surface area contributed by atoms with Crippen LogP contribution in [0.3, 0.4) is 0 Å². The molecule has 1 N–H and O–H groups in total. The van der Waals surface area contributed by atoms with Gasteiger partial charge in [-0.25, -0.2) is 0 Å². The van der Waals surface area contributed by atoms with Crippen LogP contribution in [0.4, 0.5) is 0 Å². The first kappa shape index (κ1) is 68.3. The molecule has 8 heavy (non-hydrogen) atoms. The van der Waals surface area contributed by atoms with Crippen molar-refractivity contribution in [1.29, 1.82) is 0 Å². The molecule has 0 rings (SSSR count). The van der Waals surface area contributed by atoms with E-state index in [1.807, 2.05) is 0 Å². The first-order valence-corrected chi connectivity index (χ1v) is 0.447. The molecule has 0 atom stereocenters. The van der Waals surface area contributed by atoms with Crippen molar-refractivity contribution >= 4 is 46.1 Å². The molecule has 0 spiro atoms. The molecule has 0 saturated carbocycles. The SMILES string of the molecule is CO.[Br-].[Br-].[Cl-].[Cl-].[Mg+2].[Mg+2]. The van der Waals surface area contributed by atoms with Gasteiger partial charge in [0.05, 0.1) is 0 Å². The summed E-state index contributed by atoms with van der Waals surface area (Å²) < 4.78 is 0. The quantitative estimate of drug-likeness (QED) is 0.441. The minimum atomic E-state index is 0. The molecule has 1 nitrogen and oxygen atoms in total. The fourth-order valence-corrected chi connectivity index (χ4v) is 0. The third-order valence-electron chi connectivity index (χ3n) is 0. The molecule has 0 aliphatic rings. The molecule has 0 bridgehead atoms. The van der Waals surface area contributed by atoms with Crippen LogP contribution in [0.5, 0.6) is 0 Å². The Balaban J connectivity index is -0.000000000333. The van der Waals surface area contributed by atoms with Gasteiger partial charge in [0.15, 0.2) is 0 Å². The summed E-state index contributed by atoms with van der Waals surface area (Å²) in [5, 5.41) is 7.00. The second kappa shape index (κ2) is 89.0. The van der Waals surface area contributed by atoms with Crippen molar-refractivity contribution in [2.24, 2.45) is 0 Å². The van der Waals surface area contributed by atoms with Crippen LogP contribution in [0.25, 0.3) is 0 Å². The number of aliphatic hydroxyl groups is 1. The Morgan fingerprint density at radius 1 is 0.750 bits per heavy atom. The smallest absolute Gasteiger partial charge is 1.00 e. The zero-order valence-corrected chi connectivity index (χ0v) is 11.9. The molecule has 0 aliphatic heterocycles. The predicted octanol–water partition coefficient (Wildman–Crippen LogP) is -13.1. The van der Waals surface area contributed by atoms with Crippen LogP contribution in [-0.4, -0.2) is 58.3 Å². The van der Waals surface area contributed by atoms with Crippen LogP contribution >= 0.6 is 0 Å². The van der Waals surface area contributed by atoms with Crippen molar-refractivity contribution in [2.75, 3.05) is 7.11 Å². The first-order chi connectivity index (χ1) is 1.00. The number of hydrogen-bond acceptors (Lipinski definition) is 1. The summed E-state index contributed by atoms with van der Waals surface area (Å²) in [7, 11) is 1.00. The van der Waals surface area contributed by atoms with Crippen molar-refractivity contribution in [2.45, 2.75) is 0 Å². The van der Waals surface area contributed by atoms with Crippen LogP contribution in [-0.2, 0) is 0 Å². The molecule has 0 aliphatic carbocycles. The van der Waals surface area contributed by atoms with Gasteiger partial charge in [-0.1, -0.05) is 0 Å². The molecule has 0 fully saturated rings. The Hall–Kier alpha value is 3.03. The average Bonchev–Trinajstić information content (AvgIpc) is 1.00. The maximum atomic E-state index is 7.00. The molecule has 46 valence electrons. The molecule has 0 aromatic rings. The van der Waals surface area contributed by atoms with E-state index in [2.05, 4.69) is 0 Å². The van der Waals surface area contributed by atoms with Crippen LogP contribution in [0.2, 0.25) is 0 Å². The monoisotopic (exact) mass is 308 g/mol. The van der Waals surface area contributed by atoms with Crippen molar-refractivity contribution in [3.8, 4) is 0 Å². The molecule has 0 radical (unpaired) electrons. The maximum absolute atomic E-state index is 7.00. The van der Waals surface area contributed by atoms with E-state index in [1.54, 1.807) is 0 Å². The van der Waals surface area contributed by atoms with Gasteiger partial charge in [-0.2, -0.15) is 0 Å². The molecule has 0 unspecified atom stereocenters. The summed E-state index contributed by atoms with van der Waals surface area (Å²) in [5.41, 5.74) is 0. The van der Waals surface area contributed by atoms with Gasteiger partial charge in [-0.15, -0.1) is 0 Å². The Labute approximate surface area is 115 Å². The van der Waals surface area contributed by atoms with E-state index in [9.17, 15) is 0 Å². The van der Waals surface area contributed by atoms with Gasteiger partial charge < -0.3 is 63.9 Å². The van der Waals surface area contributed by atoms with Gasteiger partial charge in [-0.3, -0.25) is 0 Å². The Bertz CT molecular complexity index is 18.0. The van der Waals surface area contributed by atoms with Crippen LogP contribution in [0.1, 0.15) is 0 Å². The van der Waals surface area contributed by atoms with Crippen molar-refractivity contribution < 1.29 is 63.9 Å². The molecule has 0 heterocycles. The number of halogens is 4. The number of aliphatic hydroxyl groups excluding tert-OH is 1. The van der Waals surface area contributed by atoms with E-state index < -0.39 is 0 Å². The minimum absolute atomic E-state index is 0. The molecule has 7 heteroatoms. The van der Waals surface area contributed by atoms with Gasteiger partial charge in [0.2, 0.25) is 0 Å². The van der Waals surface area contributed by atoms with Gasteiger partial charge >= 0.3 is 46.1 Å². The summed E-state index contributed by atoms with van der Waals surface area (Å²) in [5.74, 6) is 0. The summed E-state index contributed by atoms with van der Waals surface area (Å²) in [6.45, 7) is 0. The molecule has 0 aromatic carbocycles. The van der Waals surface area contributed by atoms with Gasteiger partial charge in [-0.05, 0) is 0 Å². The second-order valence-corrected chi connectivity index (χ2v) is 0. The van der Waals surface area contributed by atoms with Gasteiger partial charge in [0.25, 0.3) is 0 Å². The second-order valence-electron chi connectivity index (χ2n) is 0. The number of hydrogen-bond donors (Lipinski definition) is 1. The van der Waals surface area contributed by atoms with E-state index >= 15 is 0 Å².